The summed E-state index contributed by atoms with van der Waals surface area (Å²) in [4.78, 5) is 10.4. The number of nitrogens with two attached hydrogens (primary N) is 1. The van der Waals surface area contributed by atoms with E-state index in [1.165, 1.54) is 0 Å². The van der Waals surface area contributed by atoms with Crippen LogP contribution in [-0.4, -0.2) is 12.1 Å². The maximum absolute atomic E-state index is 10.4. The molecule has 0 saturated carbocycles. The molecule has 0 amide bonds. The zero-order valence-corrected chi connectivity index (χ0v) is 8.19. The Morgan fingerprint density at radius 3 is 2.93 bits per heavy atom. The van der Waals surface area contributed by atoms with Gasteiger partial charge in [-0.2, -0.15) is 4.91 Å². The van der Waals surface area contributed by atoms with Crippen LogP contribution in [-0.2, 0) is 4.74 Å². The highest BCUT2D eigenvalue weighted by Crippen LogP contribution is 2.17. The minimum atomic E-state index is -0.0860. The Kier molecular flexibility index (Phi) is 4.16. The molecule has 0 saturated heterocycles. The van der Waals surface area contributed by atoms with E-state index < -0.39 is 0 Å². The number of hydrogen-bond donors (Lipinski definition) is 1. The first-order valence-electron chi connectivity index (χ1n) is 4.82. The highest BCUT2D eigenvalue weighted by Gasteiger charge is 2.15. The highest BCUT2D eigenvalue weighted by atomic mass is 16.5. The molecule has 0 spiro atoms. The van der Waals surface area contributed by atoms with Gasteiger partial charge in [0.25, 0.3) is 0 Å². The van der Waals surface area contributed by atoms with Gasteiger partial charge in [0.15, 0.2) is 5.88 Å². The number of ether oxygens (including phenoxy) is 1. The lowest BCUT2D eigenvalue weighted by atomic mass is 10.0. The first kappa shape index (κ1) is 10.8. The number of rotatable bonds is 3. The smallest absolute Gasteiger partial charge is 0.177 e. The van der Waals surface area contributed by atoms with Crippen molar-refractivity contribution in [1.82, 2.24) is 0 Å². The lowest BCUT2D eigenvalue weighted by Crippen LogP contribution is -2.17. The summed E-state index contributed by atoms with van der Waals surface area (Å²) in [7, 11) is 0. The van der Waals surface area contributed by atoms with Gasteiger partial charge in [-0.25, -0.2) is 0 Å². The third kappa shape index (κ3) is 3.60. The Morgan fingerprint density at radius 1 is 1.50 bits per heavy atom. The summed E-state index contributed by atoms with van der Waals surface area (Å²) in [6.45, 7) is 3.48. The molecule has 14 heavy (non-hydrogen) atoms. The van der Waals surface area contributed by atoms with E-state index in [-0.39, 0.29) is 18.0 Å². The molecule has 2 unspecified atom stereocenters. The van der Waals surface area contributed by atoms with E-state index in [4.69, 9.17) is 10.5 Å². The molecule has 0 bridgehead atoms. The van der Waals surface area contributed by atoms with Crippen molar-refractivity contribution in [1.29, 1.82) is 0 Å². The second-order valence-corrected chi connectivity index (χ2v) is 3.46. The van der Waals surface area contributed by atoms with Gasteiger partial charge in [-0.15, -0.1) is 0 Å². The third-order valence-corrected chi connectivity index (χ3v) is 2.25. The second kappa shape index (κ2) is 5.42. The van der Waals surface area contributed by atoms with Gasteiger partial charge in [0.2, 0.25) is 0 Å². The Labute approximate surface area is 83.8 Å². The number of hydrogen-bond acceptors (Lipinski definition) is 4. The molecule has 0 aromatic heterocycles. The molecule has 1 aliphatic rings. The molecule has 4 nitrogen and oxygen atoms in total. The summed E-state index contributed by atoms with van der Waals surface area (Å²) in [5.74, 6) is 0.218. The van der Waals surface area contributed by atoms with Crippen LogP contribution >= 0.6 is 0 Å². The lowest BCUT2D eigenvalue weighted by molar-refractivity contribution is 0.139. The molecule has 1 rings (SSSR count). The Bertz CT molecular complexity index is 238. The zero-order chi connectivity index (χ0) is 10.4. The quantitative estimate of drug-likeness (QED) is 0.427. The van der Waals surface area contributed by atoms with Gasteiger partial charge in [0.1, 0.15) is 6.10 Å². The van der Waals surface area contributed by atoms with Crippen LogP contribution in [0.4, 0.5) is 0 Å². The molecule has 0 fully saturated rings. The fourth-order valence-corrected chi connectivity index (χ4v) is 1.53. The van der Waals surface area contributed by atoms with Crippen LogP contribution in [0.5, 0.6) is 0 Å². The Hall–Kier alpha value is -1.32. The van der Waals surface area contributed by atoms with Crippen molar-refractivity contribution in [2.45, 2.75) is 37.8 Å². The summed E-state index contributed by atoms with van der Waals surface area (Å²) in [6.07, 6.45) is 7.14. The summed E-state index contributed by atoms with van der Waals surface area (Å²) < 4.78 is 5.27. The first-order chi connectivity index (χ1) is 6.72. The normalized spacial score (nSPS) is 29.7. The summed E-state index contributed by atoms with van der Waals surface area (Å²) >= 11 is 0. The molecule has 0 heterocycles. The van der Waals surface area contributed by atoms with Crippen LogP contribution in [0.15, 0.2) is 29.8 Å². The fourth-order valence-electron chi connectivity index (χ4n) is 1.53. The van der Waals surface area contributed by atoms with Gasteiger partial charge < -0.3 is 10.5 Å². The second-order valence-electron chi connectivity index (χ2n) is 3.46. The molecule has 0 aromatic rings. The van der Waals surface area contributed by atoms with E-state index in [9.17, 15) is 4.91 Å². The van der Waals surface area contributed by atoms with Crippen LogP contribution in [0.3, 0.4) is 0 Å². The predicted molar refractivity (Wildman–Crippen MR) is 55.4 cm³/mol. The topological polar surface area (TPSA) is 64.7 Å². The van der Waals surface area contributed by atoms with Crippen LogP contribution < -0.4 is 5.73 Å². The molecular weight excluding hydrogens is 180 g/mol. The van der Waals surface area contributed by atoms with Crippen LogP contribution in [0, 0.1) is 4.91 Å². The Balaban J connectivity index is 2.48. The van der Waals surface area contributed by atoms with Gasteiger partial charge >= 0.3 is 0 Å². The van der Waals surface area contributed by atoms with Gasteiger partial charge in [0.05, 0.1) is 6.04 Å². The SMILES string of the molecule is C=C(N)OC1/C=C/CCC(N=O)CC1. The van der Waals surface area contributed by atoms with Crippen LogP contribution in [0.2, 0.25) is 0 Å². The first-order valence-corrected chi connectivity index (χ1v) is 4.82. The summed E-state index contributed by atoms with van der Waals surface area (Å²) in [5.41, 5.74) is 5.34. The van der Waals surface area contributed by atoms with Crippen molar-refractivity contribution in [3.63, 3.8) is 0 Å². The van der Waals surface area contributed by atoms with Crippen molar-refractivity contribution in [3.8, 4) is 0 Å². The number of allylic oxidation sites excluding steroid dienone is 1. The molecule has 0 aromatic carbocycles. The number of nitroso groups, excluding NO2 is 1. The predicted octanol–water partition coefficient (Wildman–Crippen LogP) is 2.07. The number of nitrogens with zero attached hydrogens (tertiary/aromatic N) is 1. The minimum absolute atomic E-state index is 0.0583. The maximum atomic E-state index is 10.4. The molecule has 1 aliphatic carbocycles. The van der Waals surface area contributed by atoms with E-state index in [1.54, 1.807) is 0 Å². The monoisotopic (exact) mass is 196 g/mol. The van der Waals surface area contributed by atoms with Crippen molar-refractivity contribution < 1.29 is 4.74 Å². The average molecular weight is 196 g/mol. The molecule has 0 radical (unpaired) electrons. The molecule has 4 heteroatoms. The van der Waals surface area contributed by atoms with E-state index in [1.807, 2.05) is 12.2 Å². The van der Waals surface area contributed by atoms with Crippen molar-refractivity contribution in [3.05, 3.63) is 29.5 Å². The van der Waals surface area contributed by atoms with Crippen molar-refractivity contribution in [2.24, 2.45) is 10.9 Å². The van der Waals surface area contributed by atoms with Gasteiger partial charge in [0, 0.05) is 0 Å². The van der Waals surface area contributed by atoms with Crippen LogP contribution in [0.25, 0.3) is 0 Å². The minimum Gasteiger partial charge on any atom is -0.472 e. The molecule has 78 valence electrons. The van der Waals surface area contributed by atoms with E-state index in [2.05, 4.69) is 11.8 Å². The van der Waals surface area contributed by atoms with Crippen molar-refractivity contribution >= 4 is 0 Å². The van der Waals surface area contributed by atoms with Crippen LogP contribution in [0.1, 0.15) is 25.7 Å². The molecular formula is C10H16N2O2. The largest absolute Gasteiger partial charge is 0.472 e. The highest BCUT2D eigenvalue weighted by molar-refractivity contribution is 4.95. The zero-order valence-electron chi connectivity index (χ0n) is 8.19. The fraction of sp³-hybridized carbons (Fsp3) is 0.600. The summed E-state index contributed by atoms with van der Waals surface area (Å²) in [5, 5.41) is 3.07. The maximum Gasteiger partial charge on any atom is 0.177 e. The van der Waals surface area contributed by atoms with Gasteiger partial charge in [-0.05, 0) is 38.3 Å². The summed E-state index contributed by atoms with van der Waals surface area (Å²) in [6, 6.07) is -0.0860. The molecule has 2 N–H and O–H groups in total. The Morgan fingerprint density at radius 2 is 2.29 bits per heavy atom. The van der Waals surface area contributed by atoms with E-state index in [0.29, 0.717) is 0 Å². The lowest BCUT2D eigenvalue weighted by Gasteiger charge is -2.18. The standard InChI is InChI=1S/C10H16N2O2/c1-8(11)14-10-5-3-2-4-9(12-13)6-7-10/h3,5,9-10H,1-2,4,6-7,11H2/b5-3+. The molecule has 0 aliphatic heterocycles. The van der Waals surface area contributed by atoms with Crippen molar-refractivity contribution in [2.75, 3.05) is 0 Å². The average Bonchev–Trinajstić information content (AvgIpc) is 2.10. The molecule has 2 atom stereocenters. The van der Waals surface area contributed by atoms with Gasteiger partial charge in [-0.3, -0.25) is 0 Å². The third-order valence-electron chi connectivity index (χ3n) is 2.25. The van der Waals surface area contributed by atoms with E-state index in [0.717, 1.165) is 25.7 Å². The van der Waals surface area contributed by atoms with Gasteiger partial charge in [-0.1, -0.05) is 11.3 Å². The van der Waals surface area contributed by atoms with E-state index >= 15 is 0 Å².